The first-order chi connectivity index (χ1) is 9.90. The van der Waals surface area contributed by atoms with Crippen molar-refractivity contribution in [2.75, 3.05) is 12.4 Å². The van der Waals surface area contributed by atoms with Gasteiger partial charge in [-0.25, -0.2) is 0 Å². The molecule has 6 heteroatoms. The van der Waals surface area contributed by atoms with Crippen LogP contribution in [0.5, 0.6) is 5.75 Å². The number of nitrogens with one attached hydrogen (secondary N) is 1. The van der Waals surface area contributed by atoms with E-state index in [9.17, 15) is 13.2 Å². The monoisotopic (exact) mass is 315 g/mol. The maximum atomic E-state index is 12.5. The summed E-state index contributed by atoms with van der Waals surface area (Å²) in [6.45, 7) is 0.433. The maximum absolute atomic E-state index is 12.5. The molecule has 2 aromatic carbocycles. The number of hydrogen-bond acceptors (Lipinski definition) is 2. The Morgan fingerprint density at radius 1 is 1.14 bits per heavy atom. The van der Waals surface area contributed by atoms with E-state index in [4.69, 9.17) is 16.3 Å². The minimum Gasteiger partial charge on any atom is -0.497 e. The first kappa shape index (κ1) is 15.5. The number of rotatable bonds is 4. The lowest BCUT2D eigenvalue weighted by molar-refractivity contribution is -0.137. The Kier molecular flexibility index (Phi) is 4.63. The molecule has 0 saturated carbocycles. The first-order valence-electron chi connectivity index (χ1n) is 6.13. The molecule has 2 nitrogen and oxygen atoms in total. The summed E-state index contributed by atoms with van der Waals surface area (Å²) >= 11 is 5.87. The van der Waals surface area contributed by atoms with Crippen LogP contribution in [0.25, 0.3) is 0 Å². The molecule has 0 heterocycles. The van der Waals surface area contributed by atoms with Gasteiger partial charge in [-0.1, -0.05) is 23.7 Å². The molecule has 0 spiro atoms. The minimum absolute atomic E-state index is 0.0349. The van der Waals surface area contributed by atoms with Gasteiger partial charge in [-0.3, -0.25) is 0 Å². The molecule has 112 valence electrons. The highest BCUT2D eigenvalue weighted by Crippen LogP contribution is 2.33. The van der Waals surface area contributed by atoms with E-state index in [0.29, 0.717) is 18.0 Å². The van der Waals surface area contributed by atoms with Gasteiger partial charge in [0.05, 0.1) is 23.4 Å². The summed E-state index contributed by atoms with van der Waals surface area (Å²) in [5, 5.41) is 3.04. The molecule has 0 saturated heterocycles. The number of hydrogen-bond donors (Lipinski definition) is 1. The molecule has 0 radical (unpaired) electrons. The standard InChI is InChI=1S/C15H13ClF3NO/c1-21-12-4-2-3-10(7-12)9-20-14-6-5-11(8-13(14)16)15(17,18)19/h2-8,20H,9H2,1H3. The van der Waals surface area contributed by atoms with Gasteiger partial charge < -0.3 is 10.1 Å². The molecule has 21 heavy (non-hydrogen) atoms. The van der Waals surface area contributed by atoms with E-state index >= 15 is 0 Å². The Bertz CT molecular complexity index is 629. The van der Waals surface area contributed by atoms with Gasteiger partial charge in [0, 0.05) is 6.54 Å². The number of halogens is 4. The van der Waals surface area contributed by atoms with Gasteiger partial charge in [-0.05, 0) is 35.9 Å². The summed E-state index contributed by atoms with van der Waals surface area (Å²) in [7, 11) is 1.57. The van der Waals surface area contributed by atoms with Crippen LogP contribution in [-0.4, -0.2) is 7.11 Å². The van der Waals surface area contributed by atoms with Crippen molar-refractivity contribution < 1.29 is 17.9 Å². The molecule has 0 amide bonds. The van der Waals surface area contributed by atoms with E-state index < -0.39 is 11.7 Å². The number of methoxy groups -OCH3 is 1. The quantitative estimate of drug-likeness (QED) is 0.859. The maximum Gasteiger partial charge on any atom is 0.416 e. The van der Waals surface area contributed by atoms with Crippen LogP contribution in [0.15, 0.2) is 42.5 Å². The van der Waals surface area contributed by atoms with Crippen LogP contribution >= 0.6 is 11.6 Å². The van der Waals surface area contributed by atoms with E-state index in [1.807, 2.05) is 24.3 Å². The van der Waals surface area contributed by atoms with Gasteiger partial charge in [0.1, 0.15) is 5.75 Å². The number of alkyl halides is 3. The zero-order chi connectivity index (χ0) is 15.5. The molecule has 0 aliphatic rings. The molecule has 0 atom stereocenters. The average Bonchev–Trinajstić information content (AvgIpc) is 2.45. The van der Waals surface area contributed by atoms with Gasteiger partial charge in [0.2, 0.25) is 0 Å². The van der Waals surface area contributed by atoms with Crippen molar-refractivity contribution in [3.8, 4) is 5.75 Å². The molecular formula is C15H13ClF3NO. The second kappa shape index (κ2) is 6.26. The average molecular weight is 316 g/mol. The molecule has 0 aliphatic carbocycles. The molecule has 0 aliphatic heterocycles. The lowest BCUT2D eigenvalue weighted by Gasteiger charge is -2.12. The Morgan fingerprint density at radius 3 is 2.52 bits per heavy atom. The zero-order valence-corrected chi connectivity index (χ0v) is 11.9. The van der Waals surface area contributed by atoms with Crippen LogP contribution < -0.4 is 10.1 Å². The first-order valence-corrected chi connectivity index (χ1v) is 6.51. The highest BCUT2D eigenvalue weighted by molar-refractivity contribution is 6.33. The highest BCUT2D eigenvalue weighted by Gasteiger charge is 2.30. The van der Waals surface area contributed by atoms with E-state index in [0.717, 1.165) is 17.7 Å². The summed E-state index contributed by atoms with van der Waals surface area (Å²) in [5.41, 5.74) is 0.622. The summed E-state index contributed by atoms with van der Waals surface area (Å²) in [5.74, 6) is 0.716. The fourth-order valence-electron chi connectivity index (χ4n) is 1.81. The molecule has 0 fully saturated rings. The van der Waals surface area contributed by atoms with Crippen LogP contribution in [-0.2, 0) is 12.7 Å². The Morgan fingerprint density at radius 2 is 1.90 bits per heavy atom. The molecule has 0 unspecified atom stereocenters. The second-order valence-electron chi connectivity index (χ2n) is 4.40. The third-order valence-corrected chi connectivity index (χ3v) is 3.23. The minimum atomic E-state index is -4.39. The van der Waals surface area contributed by atoms with Crippen molar-refractivity contribution in [3.63, 3.8) is 0 Å². The van der Waals surface area contributed by atoms with Crippen LogP contribution in [0.3, 0.4) is 0 Å². The van der Waals surface area contributed by atoms with Crippen molar-refractivity contribution >= 4 is 17.3 Å². The third kappa shape index (κ3) is 4.04. The molecule has 1 N–H and O–H groups in total. The van der Waals surface area contributed by atoms with E-state index in [1.54, 1.807) is 7.11 Å². The molecular weight excluding hydrogens is 303 g/mol. The van der Waals surface area contributed by atoms with Crippen molar-refractivity contribution in [2.45, 2.75) is 12.7 Å². The van der Waals surface area contributed by atoms with Crippen molar-refractivity contribution in [1.29, 1.82) is 0 Å². The smallest absolute Gasteiger partial charge is 0.416 e. The van der Waals surface area contributed by atoms with E-state index in [-0.39, 0.29) is 5.02 Å². The van der Waals surface area contributed by atoms with E-state index in [1.165, 1.54) is 6.07 Å². The predicted octanol–water partition coefficient (Wildman–Crippen LogP) is 4.98. The van der Waals surface area contributed by atoms with Gasteiger partial charge in [-0.2, -0.15) is 13.2 Å². The molecule has 0 bridgehead atoms. The van der Waals surface area contributed by atoms with Crippen molar-refractivity contribution in [1.82, 2.24) is 0 Å². The van der Waals surface area contributed by atoms with Crippen LogP contribution in [0.2, 0.25) is 5.02 Å². The van der Waals surface area contributed by atoms with Crippen LogP contribution in [0.4, 0.5) is 18.9 Å². The SMILES string of the molecule is COc1cccc(CNc2ccc(C(F)(F)F)cc2Cl)c1. The normalized spacial score (nSPS) is 11.3. The Balaban J connectivity index is 2.10. The third-order valence-electron chi connectivity index (χ3n) is 2.91. The van der Waals surface area contributed by atoms with Crippen LogP contribution in [0, 0.1) is 0 Å². The molecule has 0 aromatic heterocycles. The van der Waals surface area contributed by atoms with Gasteiger partial charge in [-0.15, -0.1) is 0 Å². The molecule has 2 rings (SSSR count). The summed E-state index contributed by atoms with van der Waals surface area (Å²) in [4.78, 5) is 0. The number of benzene rings is 2. The fraction of sp³-hybridized carbons (Fsp3) is 0.200. The van der Waals surface area contributed by atoms with E-state index in [2.05, 4.69) is 5.32 Å². The van der Waals surface area contributed by atoms with Crippen molar-refractivity contribution in [2.24, 2.45) is 0 Å². The number of anilines is 1. The summed E-state index contributed by atoms with van der Waals surface area (Å²) in [6.07, 6.45) is -4.39. The Hall–Kier alpha value is -1.88. The number of ether oxygens (including phenoxy) is 1. The zero-order valence-electron chi connectivity index (χ0n) is 11.2. The summed E-state index contributed by atoms with van der Waals surface area (Å²) < 4.78 is 42.7. The lowest BCUT2D eigenvalue weighted by atomic mass is 10.1. The lowest BCUT2D eigenvalue weighted by Crippen LogP contribution is -2.06. The topological polar surface area (TPSA) is 21.3 Å². The summed E-state index contributed by atoms with van der Waals surface area (Å²) in [6, 6.07) is 10.6. The van der Waals surface area contributed by atoms with Gasteiger partial charge >= 0.3 is 6.18 Å². The second-order valence-corrected chi connectivity index (χ2v) is 4.80. The van der Waals surface area contributed by atoms with Gasteiger partial charge in [0.15, 0.2) is 0 Å². The largest absolute Gasteiger partial charge is 0.497 e. The van der Waals surface area contributed by atoms with Crippen LogP contribution in [0.1, 0.15) is 11.1 Å². The van der Waals surface area contributed by atoms with Crippen molar-refractivity contribution in [3.05, 3.63) is 58.6 Å². The fourth-order valence-corrected chi connectivity index (χ4v) is 2.06. The van der Waals surface area contributed by atoms with Gasteiger partial charge in [0.25, 0.3) is 0 Å². The molecule has 2 aromatic rings. The predicted molar refractivity (Wildman–Crippen MR) is 76.8 cm³/mol. The highest BCUT2D eigenvalue weighted by atomic mass is 35.5. The Labute approximate surface area is 125 Å².